The van der Waals surface area contributed by atoms with Crippen LogP contribution in [0.2, 0.25) is 0 Å². The van der Waals surface area contributed by atoms with Crippen LogP contribution in [0.1, 0.15) is 67.7 Å². The van der Waals surface area contributed by atoms with E-state index in [9.17, 15) is 0 Å². The maximum atomic E-state index is 6.24. The summed E-state index contributed by atoms with van der Waals surface area (Å²) >= 11 is 0. The molecule has 1 fully saturated rings. The van der Waals surface area contributed by atoms with E-state index in [-0.39, 0.29) is 5.60 Å². The summed E-state index contributed by atoms with van der Waals surface area (Å²) in [5.74, 6) is 0.753. The van der Waals surface area contributed by atoms with Crippen molar-refractivity contribution < 1.29 is 4.74 Å². The fourth-order valence-corrected chi connectivity index (χ4v) is 3.04. The Kier molecular flexibility index (Phi) is 5.03. The van der Waals surface area contributed by atoms with Crippen LogP contribution in [0.4, 0.5) is 0 Å². The van der Waals surface area contributed by atoms with Crippen molar-refractivity contribution in [2.24, 2.45) is 5.92 Å². The molecule has 1 saturated heterocycles. The Morgan fingerprint density at radius 3 is 2.29 bits per heavy atom. The molecule has 1 aliphatic rings. The van der Waals surface area contributed by atoms with E-state index in [4.69, 9.17) is 4.74 Å². The standard InChI is InChI=1S/C15H31NO/c1-8-9-14-16(12(4)10-11(2)3)13(5)15(6,7)17-14/h11-14H,8-10H2,1-7H3. The summed E-state index contributed by atoms with van der Waals surface area (Å²) in [5.41, 5.74) is -0.00885. The summed E-state index contributed by atoms with van der Waals surface area (Å²) in [4.78, 5) is 2.60. The van der Waals surface area contributed by atoms with Crippen LogP contribution in [0.25, 0.3) is 0 Å². The summed E-state index contributed by atoms with van der Waals surface area (Å²) in [7, 11) is 0. The zero-order valence-corrected chi connectivity index (χ0v) is 12.8. The third kappa shape index (κ3) is 3.45. The minimum absolute atomic E-state index is 0.00885. The highest BCUT2D eigenvalue weighted by Crippen LogP contribution is 2.36. The van der Waals surface area contributed by atoms with Crippen molar-refractivity contribution in [2.45, 2.75) is 91.6 Å². The highest BCUT2D eigenvalue weighted by Gasteiger charge is 2.46. The van der Waals surface area contributed by atoms with Gasteiger partial charge in [0.25, 0.3) is 0 Å². The van der Waals surface area contributed by atoms with E-state index in [1.807, 2.05) is 0 Å². The maximum Gasteiger partial charge on any atom is 0.111 e. The first-order valence-corrected chi connectivity index (χ1v) is 7.24. The monoisotopic (exact) mass is 241 g/mol. The largest absolute Gasteiger partial charge is 0.356 e. The van der Waals surface area contributed by atoms with Gasteiger partial charge in [0, 0.05) is 12.1 Å². The van der Waals surface area contributed by atoms with Crippen molar-refractivity contribution in [1.82, 2.24) is 4.90 Å². The Labute approximate surface area is 108 Å². The SMILES string of the molecule is CCCC1OC(C)(C)C(C)N1C(C)CC(C)C. The second-order valence-corrected chi connectivity index (χ2v) is 6.57. The molecule has 0 aromatic heterocycles. The molecule has 0 saturated carbocycles. The molecule has 2 nitrogen and oxygen atoms in total. The quantitative estimate of drug-likeness (QED) is 0.720. The Morgan fingerprint density at radius 1 is 1.24 bits per heavy atom. The summed E-state index contributed by atoms with van der Waals surface area (Å²) in [6.45, 7) is 16.0. The topological polar surface area (TPSA) is 12.5 Å². The lowest BCUT2D eigenvalue weighted by Crippen LogP contribution is -2.45. The van der Waals surface area contributed by atoms with Crippen LogP contribution >= 0.6 is 0 Å². The molecule has 1 rings (SSSR count). The van der Waals surface area contributed by atoms with E-state index in [1.54, 1.807) is 0 Å². The van der Waals surface area contributed by atoms with Crippen molar-refractivity contribution in [3.8, 4) is 0 Å². The van der Waals surface area contributed by atoms with E-state index >= 15 is 0 Å². The second kappa shape index (κ2) is 5.71. The van der Waals surface area contributed by atoms with Gasteiger partial charge >= 0.3 is 0 Å². The van der Waals surface area contributed by atoms with Gasteiger partial charge in [-0.25, -0.2) is 0 Å². The fraction of sp³-hybridized carbons (Fsp3) is 1.00. The number of rotatable bonds is 5. The summed E-state index contributed by atoms with van der Waals surface area (Å²) in [6, 6.07) is 1.12. The normalized spacial score (nSPS) is 31.1. The van der Waals surface area contributed by atoms with E-state index in [2.05, 4.69) is 53.4 Å². The van der Waals surface area contributed by atoms with E-state index < -0.39 is 0 Å². The van der Waals surface area contributed by atoms with Crippen LogP contribution < -0.4 is 0 Å². The van der Waals surface area contributed by atoms with Gasteiger partial charge in [0.1, 0.15) is 6.23 Å². The van der Waals surface area contributed by atoms with Crippen LogP contribution in [-0.4, -0.2) is 28.8 Å². The van der Waals surface area contributed by atoms with Crippen molar-refractivity contribution in [2.75, 3.05) is 0 Å². The second-order valence-electron chi connectivity index (χ2n) is 6.57. The molecule has 17 heavy (non-hydrogen) atoms. The van der Waals surface area contributed by atoms with Crippen molar-refractivity contribution in [3.05, 3.63) is 0 Å². The zero-order chi connectivity index (χ0) is 13.2. The molecule has 0 aromatic carbocycles. The van der Waals surface area contributed by atoms with Crippen LogP contribution in [0, 0.1) is 5.92 Å². The smallest absolute Gasteiger partial charge is 0.111 e. The van der Waals surface area contributed by atoms with Gasteiger partial charge in [0.2, 0.25) is 0 Å². The number of hydrogen-bond acceptors (Lipinski definition) is 2. The highest BCUT2D eigenvalue weighted by molar-refractivity contribution is 4.95. The third-order valence-electron chi connectivity index (χ3n) is 4.08. The molecule has 2 heteroatoms. The summed E-state index contributed by atoms with van der Waals surface area (Å²) < 4.78 is 6.24. The van der Waals surface area contributed by atoms with Gasteiger partial charge in [-0.3, -0.25) is 4.90 Å². The molecule has 0 spiro atoms. The predicted octanol–water partition coefficient (Wildman–Crippen LogP) is 4.05. The lowest BCUT2D eigenvalue weighted by Gasteiger charge is -2.34. The minimum Gasteiger partial charge on any atom is -0.356 e. The molecule has 0 aromatic rings. The Bertz CT molecular complexity index is 237. The Hall–Kier alpha value is -0.0800. The Balaban J connectivity index is 2.77. The molecule has 0 aliphatic carbocycles. The first-order valence-electron chi connectivity index (χ1n) is 7.24. The summed E-state index contributed by atoms with van der Waals surface area (Å²) in [6.07, 6.45) is 3.91. The van der Waals surface area contributed by atoms with Crippen LogP contribution in [0.5, 0.6) is 0 Å². The molecule has 3 atom stereocenters. The highest BCUT2D eigenvalue weighted by atomic mass is 16.5. The molecule has 1 heterocycles. The minimum atomic E-state index is -0.00885. The van der Waals surface area contributed by atoms with E-state index in [0.29, 0.717) is 18.3 Å². The van der Waals surface area contributed by atoms with E-state index in [0.717, 1.165) is 12.3 Å². The molecular formula is C15H31NO. The van der Waals surface area contributed by atoms with Gasteiger partial charge in [0.15, 0.2) is 0 Å². The van der Waals surface area contributed by atoms with E-state index in [1.165, 1.54) is 12.8 Å². The number of ether oxygens (including phenoxy) is 1. The zero-order valence-electron chi connectivity index (χ0n) is 12.8. The first kappa shape index (κ1) is 15.0. The van der Waals surface area contributed by atoms with Crippen molar-refractivity contribution in [1.29, 1.82) is 0 Å². The first-order chi connectivity index (χ1) is 7.79. The fourth-order valence-electron chi connectivity index (χ4n) is 3.04. The maximum absolute atomic E-state index is 6.24. The summed E-state index contributed by atoms with van der Waals surface area (Å²) in [5, 5.41) is 0. The molecule has 0 bridgehead atoms. The van der Waals surface area contributed by atoms with Gasteiger partial charge in [0.05, 0.1) is 5.60 Å². The van der Waals surface area contributed by atoms with Gasteiger partial charge in [-0.2, -0.15) is 0 Å². The third-order valence-corrected chi connectivity index (χ3v) is 4.08. The van der Waals surface area contributed by atoms with Crippen LogP contribution in [-0.2, 0) is 4.74 Å². The van der Waals surface area contributed by atoms with Gasteiger partial charge in [-0.1, -0.05) is 27.2 Å². The van der Waals surface area contributed by atoms with Gasteiger partial charge in [-0.15, -0.1) is 0 Å². The molecule has 0 radical (unpaired) electrons. The predicted molar refractivity (Wildman–Crippen MR) is 74.1 cm³/mol. The molecule has 3 unspecified atom stereocenters. The average Bonchev–Trinajstić information content (AvgIpc) is 2.37. The number of hydrogen-bond donors (Lipinski definition) is 0. The molecule has 0 N–H and O–H groups in total. The molecule has 0 amide bonds. The van der Waals surface area contributed by atoms with Crippen molar-refractivity contribution >= 4 is 0 Å². The lowest BCUT2D eigenvalue weighted by atomic mass is 9.96. The van der Waals surface area contributed by atoms with Gasteiger partial charge < -0.3 is 4.74 Å². The lowest BCUT2D eigenvalue weighted by molar-refractivity contribution is -0.0513. The average molecular weight is 241 g/mol. The molecule has 1 aliphatic heterocycles. The van der Waals surface area contributed by atoms with Gasteiger partial charge in [-0.05, 0) is 46.5 Å². The van der Waals surface area contributed by atoms with Crippen LogP contribution in [0.3, 0.4) is 0 Å². The molecule has 102 valence electrons. The number of nitrogens with zero attached hydrogens (tertiary/aromatic N) is 1. The molecular weight excluding hydrogens is 210 g/mol. The van der Waals surface area contributed by atoms with Crippen molar-refractivity contribution in [3.63, 3.8) is 0 Å². The Morgan fingerprint density at radius 2 is 1.82 bits per heavy atom. The van der Waals surface area contributed by atoms with Crippen LogP contribution in [0.15, 0.2) is 0 Å².